The number of hydrogen-bond acceptors (Lipinski definition) is 4. The van der Waals surface area contributed by atoms with Gasteiger partial charge >= 0.3 is 0 Å². The average molecular weight is 266 g/mol. The van der Waals surface area contributed by atoms with Gasteiger partial charge in [-0.1, -0.05) is 0 Å². The van der Waals surface area contributed by atoms with Crippen molar-refractivity contribution in [2.24, 2.45) is 0 Å². The first-order valence-electron chi connectivity index (χ1n) is 5.69. The molecule has 2 rings (SSSR count). The lowest BCUT2D eigenvalue weighted by Gasteiger charge is -2.19. The minimum atomic E-state index is 0.144. The highest BCUT2D eigenvalue weighted by atomic mass is 32.1. The summed E-state index contributed by atoms with van der Waals surface area (Å²) in [6, 6.07) is 2.15. The summed E-state index contributed by atoms with van der Waals surface area (Å²) in [5, 5.41) is 8.89. The van der Waals surface area contributed by atoms with E-state index in [4.69, 9.17) is 0 Å². The molecule has 0 amide bonds. The van der Waals surface area contributed by atoms with E-state index < -0.39 is 0 Å². The molecule has 1 N–H and O–H groups in total. The molecule has 0 bridgehead atoms. The van der Waals surface area contributed by atoms with Gasteiger partial charge in [-0.15, -0.1) is 22.7 Å². The molecule has 0 spiro atoms. The zero-order valence-corrected chi connectivity index (χ0v) is 12.3. The summed E-state index contributed by atoms with van der Waals surface area (Å²) in [5.74, 6) is 0. The van der Waals surface area contributed by atoms with Gasteiger partial charge in [0.1, 0.15) is 5.01 Å². The number of aryl methyl sites for hydroxylation is 1. The average Bonchev–Trinajstić information content (AvgIpc) is 2.81. The molecule has 0 atom stereocenters. The van der Waals surface area contributed by atoms with Gasteiger partial charge in [0.25, 0.3) is 0 Å². The van der Waals surface area contributed by atoms with Gasteiger partial charge in [0, 0.05) is 17.5 Å². The summed E-state index contributed by atoms with van der Waals surface area (Å²) in [5.41, 5.74) is 2.58. The Balaban J connectivity index is 2.09. The number of rotatable bonds is 3. The quantitative estimate of drug-likeness (QED) is 0.906. The third kappa shape index (κ3) is 3.37. The van der Waals surface area contributed by atoms with Crippen LogP contribution in [0.3, 0.4) is 0 Å². The molecule has 4 heteroatoms. The number of nitrogens with one attached hydrogen (secondary N) is 1. The SMILES string of the molecule is Cc1ccsc1-c1csc(CNC(C)(C)C)n1. The van der Waals surface area contributed by atoms with Crippen LogP contribution in [0.5, 0.6) is 0 Å². The van der Waals surface area contributed by atoms with Crippen LogP contribution in [-0.2, 0) is 6.54 Å². The van der Waals surface area contributed by atoms with E-state index in [2.05, 4.69) is 54.8 Å². The molecule has 0 aliphatic rings. The smallest absolute Gasteiger partial charge is 0.107 e. The van der Waals surface area contributed by atoms with Crippen LogP contribution in [-0.4, -0.2) is 10.5 Å². The van der Waals surface area contributed by atoms with Crippen LogP contribution in [0.4, 0.5) is 0 Å². The van der Waals surface area contributed by atoms with Crippen LogP contribution >= 0.6 is 22.7 Å². The first-order valence-corrected chi connectivity index (χ1v) is 7.45. The Kier molecular flexibility index (Phi) is 3.66. The van der Waals surface area contributed by atoms with Crippen molar-refractivity contribution in [3.63, 3.8) is 0 Å². The standard InChI is InChI=1S/C13H18N2S2/c1-9-5-6-16-12(9)10-8-17-11(15-10)7-14-13(2,3)4/h5-6,8,14H,7H2,1-4H3. The number of hydrogen-bond donors (Lipinski definition) is 1. The Hall–Kier alpha value is -0.710. The molecule has 0 fully saturated rings. The fourth-order valence-corrected chi connectivity index (χ4v) is 3.16. The number of thiazole rings is 1. The van der Waals surface area contributed by atoms with Crippen molar-refractivity contribution in [1.29, 1.82) is 0 Å². The van der Waals surface area contributed by atoms with Crippen LogP contribution in [0.15, 0.2) is 16.8 Å². The second kappa shape index (κ2) is 4.88. The molecule has 2 aromatic heterocycles. The second-order valence-electron chi connectivity index (χ2n) is 5.16. The predicted molar refractivity (Wildman–Crippen MR) is 76.8 cm³/mol. The fraction of sp³-hybridized carbons (Fsp3) is 0.462. The monoisotopic (exact) mass is 266 g/mol. The van der Waals surface area contributed by atoms with Crippen molar-refractivity contribution in [2.45, 2.75) is 39.8 Å². The van der Waals surface area contributed by atoms with Crippen molar-refractivity contribution in [3.05, 3.63) is 27.4 Å². The Labute approximate surface area is 111 Å². The molecular formula is C13H18N2S2. The minimum Gasteiger partial charge on any atom is -0.306 e. The largest absolute Gasteiger partial charge is 0.306 e. The zero-order valence-electron chi connectivity index (χ0n) is 10.7. The van der Waals surface area contributed by atoms with E-state index in [9.17, 15) is 0 Å². The summed E-state index contributed by atoms with van der Waals surface area (Å²) < 4.78 is 0. The lowest BCUT2D eigenvalue weighted by Crippen LogP contribution is -2.34. The lowest BCUT2D eigenvalue weighted by atomic mass is 10.1. The lowest BCUT2D eigenvalue weighted by molar-refractivity contribution is 0.424. The van der Waals surface area contributed by atoms with Gasteiger partial charge in [-0.25, -0.2) is 4.98 Å². The molecule has 0 aliphatic carbocycles. The van der Waals surface area contributed by atoms with E-state index in [1.54, 1.807) is 22.7 Å². The van der Waals surface area contributed by atoms with Crippen LogP contribution < -0.4 is 5.32 Å². The predicted octanol–water partition coefficient (Wildman–Crippen LogP) is 4.07. The molecule has 0 radical (unpaired) electrons. The van der Waals surface area contributed by atoms with Gasteiger partial charge < -0.3 is 5.32 Å². The molecular weight excluding hydrogens is 248 g/mol. The molecule has 0 unspecified atom stereocenters. The van der Waals surface area contributed by atoms with E-state index in [-0.39, 0.29) is 5.54 Å². The van der Waals surface area contributed by atoms with E-state index in [1.165, 1.54) is 10.4 Å². The molecule has 0 aliphatic heterocycles. The maximum absolute atomic E-state index is 4.68. The first-order chi connectivity index (χ1) is 7.96. The summed E-state index contributed by atoms with van der Waals surface area (Å²) in [7, 11) is 0. The van der Waals surface area contributed by atoms with Gasteiger partial charge in [0.15, 0.2) is 0 Å². The molecule has 0 saturated heterocycles. The van der Waals surface area contributed by atoms with Crippen LogP contribution in [0.1, 0.15) is 31.3 Å². The van der Waals surface area contributed by atoms with Crippen LogP contribution in [0, 0.1) is 6.92 Å². The van der Waals surface area contributed by atoms with Gasteiger partial charge in [-0.2, -0.15) is 0 Å². The minimum absolute atomic E-state index is 0.144. The van der Waals surface area contributed by atoms with Crippen molar-refractivity contribution >= 4 is 22.7 Å². The van der Waals surface area contributed by atoms with Crippen LogP contribution in [0.2, 0.25) is 0 Å². The summed E-state index contributed by atoms with van der Waals surface area (Å²) in [4.78, 5) is 5.98. The van der Waals surface area contributed by atoms with Gasteiger partial charge in [0.05, 0.1) is 10.6 Å². The summed E-state index contributed by atoms with van der Waals surface area (Å²) in [6.07, 6.45) is 0. The maximum atomic E-state index is 4.68. The third-order valence-corrected chi connectivity index (χ3v) is 4.30. The van der Waals surface area contributed by atoms with Crippen molar-refractivity contribution in [3.8, 4) is 10.6 Å². The van der Waals surface area contributed by atoms with E-state index in [1.807, 2.05) is 0 Å². The Morgan fingerprint density at radius 2 is 2.06 bits per heavy atom. The highest BCUT2D eigenvalue weighted by Crippen LogP contribution is 2.29. The van der Waals surface area contributed by atoms with Crippen molar-refractivity contribution in [2.75, 3.05) is 0 Å². The highest BCUT2D eigenvalue weighted by molar-refractivity contribution is 7.14. The third-order valence-electron chi connectivity index (χ3n) is 2.42. The molecule has 17 heavy (non-hydrogen) atoms. The Morgan fingerprint density at radius 1 is 1.29 bits per heavy atom. The van der Waals surface area contributed by atoms with Gasteiger partial charge in [-0.3, -0.25) is 0 Å². The van der Waals surface area contributed by atoms with Crippen LogP contribution in [0.25, 0.3) is 10.6 Å². The number of thiophene rings is 1. The molecule has 0 saturated carbocycles. The van der Waals surface area contributed by atoms with Gasteiger partial charge in [-0.05, 0) is 44.7 Å². The number of nitrogens with zero attached hydrogens (tertiary/aromatic N) is 1. The first kappa shape index (κ1) is 12.7. The molecule has 92 valence electrons. The molecule has 0 aromatic carbocycles. The van der Waals surface area contributed by atoms with Gasteiger partial charge in [0.2, 0.25) is 0 Å². The fourth-order valence-electron chi connectivity index (χ4n) is 1.47. The Morgan fingerprint density at radius 3 is 2.65 bits per heavy atom. The second-order valence-corrected chi connectivity index (χ2v) is 7.02. The maximum Gasteiger partial charge on any atom is 0.107 e. The van der Waals surface area contributed by atoms with Crippen molar-refractivity contribution < 1.29 is 0 Å². The topological polar surface area (TPSA) is 24.9 Å². The molecule has 2 aromatic rings. The molecule has 2 nitrogen and oxygen atoms in total. The Bertz CT molecular complexity index is 491. The molecule has 2 heterocycles. The summed E-state index contributed by atoms with van der Waals surface area (Å²) >= 11 is 3.49. The van der Waals surface area contributed by atoms with Crippen molar-refractivity contribution in [1.82, 2.24) is 10.3 Å². The number of aromatic nitrogens is 1. The van der Waals surface area contributed by atoms with E-state index in [0.717, 1.165) is 17.2 Å². The normalized spacial score (nSPS) is 12.0. The van der Waals surface area contributed by atoms with E-state index in [0.29, 0.717) is 0 Å². The zero-order chi connectivity index (χ0) is 12.5. The summed E-state index contributed by atoms with van der Waals surface area (Å²) in [6.45, 7) is 9.50. The highest BCUT2D eigenvalue weighted by Gasteiger charge is 2.12. The van der Waals surface area contributed by atoms with E-state index >= 15 is 0 Å².